The molecule has 4 bridgehead atoms. The van der Waals surface area contributed by atoms with Crippen molar-refractivity contribution in [3.63, 3.8) is 0 Å². The third-order valence-electron chi connectivity index (χ3n) is 6.89. The molecular weight excluding hydrogens is 332 g/mol. The molecule has 1 amide bonds. The van der Waals surface area contributed by atoms with E-state index in [0.29, 0.717) is 5.92 Å². The van der Waals surface area contributed by atoms with E-state index in [1.165, 1.54) is 51.4 Å². The highest BCUT2D eigenvalue weighted by atomic mass is 32.2. The molecule has 5 aliphatic carbocycles. The molecule has 5 fully saturated rings. The summed E-state index contributed by atoms with van der Waals surface area (Å²) in [6, 6.07) is 0. The second-order valence-electron chi connectivity index (χ2n) is 9.12. The normalized spacial score (nSPS) is 37.3. The average Bonchev–Trinajstić information content (AvgIpc) is 3.31. The van der Waals surface area contributed by atoms with E-state index in [1.54, 1.807) is 11.8 Å². The molecule has 0 aliphatic heterocycles. The molecule has 0 saturated heterocycles. The first-order chi connectivity index (χ1) is 12.0. The SMILES string of the molecule is C[C@H](Sc1nnc(C2CC2)n1C)C(=O)NC12CC3CC(CC(C3)C1)C2. The fourth-order valence-corrected chi connectivity index (χ4v) is 6.79. The van der Waals surface area contributed by atoms with Crippen molar-refractivity contribution < 1.29 is 4.79 Å². The second kappa shape index (κ2) is 5.73. The quantitative estimate of drug-likeness (QED) is 0.819. The fraction of sp³-hybridized carbons (Fsp3) is 0.842. The lowest BCUT2D eigenvalue weighted by Gasteiger charge is -2.57. The Labute approximate surface area is 153 Å². The van der Waals surface area contributed by atoms with Gasteiger partial charge in [0.1, 0.15) is 5.82 Å². The van der Waals surface area contributed by atoms with Gasteiger partial charge in [-0.1, -0.05) is 11.8 Å². The summed E-state index contributed by atoms with van der Waals surface area (Å²) < 4.78 is 2.08. The largest absolute Gasteiger partial charge is 0.350 e. The van der Waals surface area contributed by atoms with Gasteiger partial charge >= 0.3 is 0 Å². The van der Waals surface area contributed by atoms with Gasteiger partial charge in [0.2, 0.25) is 5.91 Å². The predicted molar refractivity (Wildman–Crippen MR) is 97.3 cm³/mol. The number of carbonyl (C=O) groups is 1. The van der Waals surface area contributed by atoms with E-state index >= 15 is 0 Å². The lowest BCUT2D eigenvalue weighted by Crippen LogP contribution is -2.60. The summed E-state index contributed by atoms with van der Waals surface area (Å²) in [4.78, 5) is 12.9. The van der Waals surface area contributed by atoms with Crippen LogP contribution >= 0.6 is 11.8 Å². The number of aromatic nitrogens is 3. The molecule has 0 aromatic carbocycles. The summed E-state index contributed by atoms with van der Waals surface area (Å²) >= 11 is 1.55. The van der Waals surface area contributed by atoms with Gasteiger partial charge in [-0.25, -0.2) is 0 Å². The van der Waals surface area contributed by atoms with Gasteiger partial charge in [-0.05, 0) is 76.0 Å². The summed E-state index contributed by atoms with van der Waals surface area (Å²) in [6.07, 6.45) is 10.3. The van der Waals surface area contributed by atoms with E-state index in [0.717, 1.165) is 28.7 Å². The lowest BCUT2D eigenvalue weighted by molar-refractivity contribution is -0.126. The minimum absolute atomic E-state index is 0.0969. The Bertz CT molecular complexity index is 660. The number of amides is 1. The Kier molecular flexibility index (Phi) is 3.70. The Morgan fingerprint density at radius 3 is 2.32 bits per heavy atom. The summed E-state index contributed by atoms with van der Waals surface area (Å²) in [5.74, 6) is 4.42. The predicted octanol–water partition coefficient (Wildman–Crippen LogP) is 3.26. The van der Waals surface area contributed by atoms with Crippen molar-refractivity contribution in [3.8, 4) is 0 Å². The zero-order chi connectivity index (χ0) is 17.2. The second-order valence-corrected chi connectivity index (χ2v) is 10.4. The molecule has 5 saturated carbocycles. The zero-order valence-electron chi connectivity index (χ0n) is 15.2. The molecule has 1 N–H and O–H groups in total. The topological polar surface area (TPSA) is 59.8 Å². The Hall–Kier alpha value is -1.04. The van der Waals surface area contributed by atoms with E-state index in [4.69, 9.17) is 0 Å². The van der Waals surface area contributed by atoms with E-state index in [2.05, 4.69) is 20.1 Å². The Morgan fingerprint density at radius 2 is 1.76 bits per heavy atom. The minimum atomic E-state index is -0.122. The van der Waals surface area contributed by atoms with Crippen molar-refractivity contribution in [1.29, 1.82) is 0 Å². The smallest absolute Gasteiger partial charge is 0.233 e. The minimum Gasteiger partial charge on any atom is -0.350 e. The van der Waals surface area contributed by atoms with Crippen LogP contribution in [0.15, 0.2) is 5.16 Å². The van der Waals surface area contributed by atoms with E-state index in [1.807, 2.05) is 14.0 Å². The van der Waals surface area contributed by atoms with Gasteiger partial charge < -0.3 is 9.88 Å². The van der Waals surface area contributed by atoms with Crippen molar-refractivity contribution in [1.82, 2.24) is 20.1 Å². The van der Waals surface area contributed by atoms with Crippen molar-refractivity contribution in [3.05, 3.63) is 5.82 Å². The van der Waals surface area contributed by atoms with Gasteiger partial charge in [0.25, 0.3) is 0 Å². The number of nitrogens with zero attached hydrogens (tertiary/aromatic N) is 3. The zero-order valence-corrected chi connectivity index (χ0v) is 16.0. The first-order valence-electron chi connectivity index (χ1n) is 9.89. The van der Waals surface area contributed by atoms with Gasteiger partial charge in [-0.15, -0.1) is 10.2 Å². The van der Waals surface area contributed by atoms with Gasteiger partial charge in [-0.2, -0.15) is 0 Å². The van der Waals surface area contributed by atoms with Crippen molar-refractivity contribution in [2.24, 2.45) is 24.8 Å². The molecule has 0 radical (unpaired) electrons. The molecule has 5 nitrogen and oxygen atoms in total. The lowest BCUT2D eigenvalue weighted by atomic mass is 9.53. The molecule has 6 heteroatoms. The Balaban J connectivity index is 1.25. The van der Waals surface area contributed by atoms with Crippen LogP contribution in [0.4, 0.5) is 0 Å². The van der Waals surface area contributed by atoms with Crippen LogP contribution in [0.3, 0.4) is 0 Å². The highest BCUT2D eigenvalue weighted by molar-refractivity contribution is 8.00. The number of rotatable bonds is 5. The summed E-state index contributed by atoms with van der Waals surface area (Å²) in [7, 11) is 2.03. The molecular formula is C19H28N4OS. The van der Waals surface area contributed by atoms with Crippen molar-refractivity contribution >= 4 is 17.7 Å². The average molecular weight is 361 g/mol. The molecule has 1 atom stereocenters. The number of nitrogens with one attached hydrogen (secondary N) is 1. The van der Waals surface area contributed by atoms with Gasteiger partial charge in [0.15, 0.2) is 5.16 Å². The summed E-state index contributed by atoms with van der Waals surface area (Å²) in [5.41, 5.74) is 0.0969. The van der Waals surface area contributed by atoms with Crippen molar-refractivity contribution in [2.45, 2.75) is 80.2 Å². The number of hydrogen-bond donors (Lipinski definition) is 1. The van der Waals surface area contributed by atoms with Crippen LogP contribution in [0.25, 0.3) is 0 Å². The maximum atomic E-state index is 12.9. The molecule has 6 rings (SSSR count). The van der Waals surface area contributed by atoms with Gasteiger partial charge in [0, 0.05) is 18.5 Å². The maximum absolute atomic E-state index is 12.9. The fourth-order valence-electron chi connectivity index (χ4n) is 5.96. The van der Waals surface area contributed by atoms with Crippen LogP contribution in [0.1, 0.15) is 70.0 Å². The van der Waals surface area contributed by atoms with Crippen LogP contribution in [-0.2, 0) is 11.8 Å². The number of thioether (sulfide) groups is 1. The summed E-state index contributed by atoms with van der Waals surface area (Å²) in [6.45, 7) is 2.01. The summed E-state index contributed by atoms with van der Waals surface area (Å²) in [5, 5.41) is 12.9. The van der Waals surface area contributed by atoms with E-state index < -0.39 is 0 Å². The Morgan fingerprint density at radius 1 is 1.16 bits per heavy atom. The molecule has 1 aromatic rings. The highest BCUT2D eigenvalue weighted by Gasteiger charge is 2.51. The van der Waals surface area contributed by atoms with Crippen LogP contribution in [0.5, 0.6) is 0 Å². The van der Waals surface area contributed by atoms with E-state index in [-0.39, 0.29) is 16.7 Å². The monoisotopic (exact) mass is 360 g/mol. The molecule has 1 aromatic heterocycles. The van der Waals surface area contributed by atoms with Crippen LogP contribution in [-0.4, -0.2) is 31.5 Å². The maximum Gasteiger partial charge on any atom is 0.233 e. The molecule has 1 heterocycles. The van der Waals surface area contributed by atoms with Crippen LogP contribution in [0, 0.1) is 17.8 Å². The molecule has 5 aliphatic rings. The number of carbonyl (C=O) groups excluding carboxylic acids is 1. The van der Waals surface area contributed by atoms with Crippen LogP contribution in [0.2, 0.25) is 0 Å². The molecule has 136 valence electrons. The third kappa shape index (κ3) is 2.90. The highest BCUT2D eigenvalue weighted by Crippen LogP contribution is 2.55. The first-order valence-corrected chi connectivity index (χ1v) is 10.8. The van der Waals surface area contributed by atoms with Crippen LogP contribution < -0.4 is 5.32 Å². The van der Waals surface area contributed by atoms with E-state index in [9.17, 15) is 4.79 Å². The standard InChI is InChI=1S/C19H28N4OS/c1-11(25-18-22-21-16(23(18)2)15-3-4-15)17(24)20-19-8-12-5-13(9-19)7-14(6-12)10-19/h11-15H,3-10H2,1-2H3,(H,20,24)/t11-,12?,13?,14?,19?/m0/s1. The molecule has 0 spiro atoms. The van der Waals surface area contributed by atoms with Gasteiger partial charge in [-0.3, -0.25) is 4.79 Å². The molecule has 0 unspecified atom stereocenters. The first kappa shape index (κ1) is 16.2. The molecule has 25 heavy (non-hydrogen) atoms. The number of hydrogen-bond acceptors (Lipinski definition) is 4. The third-order valence-corrected chi connectivity index (χ3v) is 8.02. The van der Waals surface area contributed by atoms with Crippen molar-refractivity contribution in [2.75, 3.05) is 0 Å². The van der Waals surface area contributed by atoms with Gasteiger partial charge in [0.05, 0.1) is 5.25 Å².